The molecule has 0 bridgehead atoms. The zero-order valence-corrected chi connectivity index (χ0v) is 6.25. The van der Waals surface area contributed by atoms with Gasteiger partial charge >= 0.3 is 0 Å². The van der Waals surface area contributed by atoms with Crippen LogP contribution in [0.5, 0.6) is 0 Å². The molecule has 2 aliphatic rings. The van der Waals surface area contributed by atoms with Gasteiger partial charge in [-0.25, -0.2) is 0 Å². The molecule has 0 aromatic rings. The third-order valence-electron chi connectivity index (χ3n) is 3.22. The number of rotatable bonds is 2. The number of aldehydes is 1. The van der Waals surface area contributed by atoms with Gasteiger partial charge in [0.25, 0.3) is 0 Å². The standard InChI is InChI=1S/C9H14O/c10-6-7-4-9(5-7)8-2-1-3-8/h6-9H,1-5H2. The highest BCUT2D eigenvalue weighted by molar-refractivity contribution is 5.55. The topological polar surface area (TPSA) is 17.1 Å². The third kappa shape index (κ3) is 0.882. The molecule has 0 aromatic heterocycles. The summed E-state index contributed by atoms with van der Waals surface area (Å²) in [5.41, 5.74) is 0. The lowest BCUT2D eigenvalue weighted by Gasteiger charge is -2.42. The Labute approximate surface area is 61.8 Å². The van der Waals surface area contributed by atoms with Gasteiger partial charge in [0, 0.05) is 5.92 Å². The summed E-state index contributed by atoms with van der Waals surface area (Å²) >= 11 is 0. The smallest absolute Gasteiger partial charge is 0.123 e. The van der Waals surface area contributed by atoms with E-state index in [-0.39, 0.29) is 0 Å². The SMILES string of the molecule is O=CC1CC(C2CCC2)C1. The van der Waals surface area contributed by atoms with E-state index in [1.54, 1.807) is 0 Å². The molecule has 0 aromatic carbocycles. The lowest BCUT2D eigenvalue weighted by Crippen LogP contribution is -2.34. The van der Waals surface area contributed by atoms with Gasteiger partial charge in [0.2, 0.25) is 0 Å². The van der Waals surface area contributed by atoms with Crippen molar-refractivity contribution in [2.24, 2.45) is 17.8 Å². The minimum atomic E-state index is 0.436. The van der Waals surface area contributed by atoms with Crippen molar-refractivity contribution in [2.45, 2.75) is 32.1 Å². The van der Waals surface area contributed by atoms with Crippen LogP contribution in [0.25, 0.3) is 0 Å². The summed E-state index contributed by atoms with van der Waals surface area (Å²) in [5, 5.41) is 0. The fraction of sp³-hybridized carbons (Fsp3) is 0.889. The van der Waals surface area contributed by atoms with Crippen LogP contribution in [0.3, 0.4) is 0 Å². The molecular weight excluding hydrogens is 124 g/mol. The quantitative estimate of drug-likeness (QED) is 0.533. The van der Waals surface area contributed by atoms with E-state index >= 15 is 0 Å². The monoisotopic (exact) mass is 138 g/mol. The maximum absolute atomic E-state index is 10.3. The fourth-order valence-corrected chi connectivity index (χ4v) is 2.12. The van der Waals surface area contributed by atoms with E-state index in [1.165, 1.54) is 32.1 Å². The van der Waals surface area contributed by atoms with Crippen LogP contribution in [0.2, 0.25) is 0 Å². The summed E-state index contributed by atoms with van der Waals surface area (Å²) in [6.07, 6.45) is 7.86. The van der Waals surface area contributed by atoms with E-state index in [2.05, 4.69) is 0 Å². The second kappa shape index (κ2) is 2.37. The van der Waals surface area contributed by atoms with Gasteiger partial charge in [-0.1, -0.05) is 19.3 Å². The second-order valence-electron chi connectivity index (χ2n) is 3.82. The summed E-state index contributed by atoms with van der Waals surface area (Å²) in [4.78, 5) is 10.3. The lowest BCUT2D eigenvalue weighted by atomic mass is 9.63. The third-order valence-corrected chi connectivity index (χ3v) is 3.22. The Morgan fingerprint density at radius 2 is 1.80 bits per heavy atom. The molecule has 0 spiro atoms. The average molecular weight is 138 g/mol. The molecule has 2 saturated carbocycles. The first kappa shape index (κ1) is 6.38. The molecule has 56 valence electrons. The first-order valence-electron chi connectivity index (χ1n) is 4.35. The summed E-state index contributed by atoms with van der Waals surface area (Å²) in [5.74, 6) is 2.38. The van der Waals surface area contributed by atoms with Crippen molar-refractivity contribution in [1.82, 2.24) is 0 Å². The minimum Gasteiger partial charge on any atom is -0.303 e. The number of carbonyl (C=O) groups excluding carboxylic acids is 1. The van der Waals surface area contributed by atoms with Crippen LogP contribution in [0.1, 0.15) is 32.1 Å². The van der Waals surface area contributed by atoms with Crippen molar-refractivity contribution >= 4 is 6.29 Å². The van der Waals surface area contributed by atoms with Crippen LogP contribution in [-0.4, -0.2) is 6.29 Å². The van der Waals surface area contributed by atoms with Crippen molar-refractivity contribution in [1.29, 1.82) is 0 Å². The van der Waals surface area contributed by atoms with E-state index in [4.69, 9.17) is 0 Å². The van der Waals surface area contributed by atoms with Gasteiger partial charge < -0.3 is 4.79 Å². The normalized spacial score (nSPS) is 40.0. The molecule has 0 heterocycles. The number of hydrogen-bond acceptors (Lipinski definition) is 1. The average Bonchev–Trinajstić information content (AvgIpc) is 1.72. The maximum Gasteiger partial charge on any atom is 0.123 e. The van der Waals surface area contributed by atoms with Gasteiger partial charge in [0.05, 0.1) is 0 Å². The first-order chi connectivity index (χ1) is 4.90. The molecule has 0 aliphatic heterocycles. The van der Waals surface area contributed by atoms with Gasteiger partial charge in [0.1, 0.15) is 6.29 Å². The van der Waals surface area contributed by atoms with Crippen LogP contribution >= 0.6 is 0 Å². The van der Waals surface area contributed by atoms with Crippen LogP contribution in [0.4, 0.5) is 0 Å². The van der Waals surface area contributed by atoms with Gasteiger partial charge in [-0.15, -0.1) is 0 Å². The number of hydrogen-bond donors (Lipinski definition) is 0. The summed E-state index contributed by atoms with van der Waals surface area (Å²) < 4.78 is 0. The molecule has 2 rings (SSSR count). The molecule has 0 unspecified atom stereocenters. The Bertz CT molecular complexity index is 132. The molecule has 0 atom stereocenters. The van der Waals surface area contributed by atoms with Crippen molar-refractivity contribution in [3.8, 4) is 0 Å². The highest BCUT2D eigenvalue weighted by Crippen LogP contribution is 2.45. The first-order valence-corrected chi connectivity index (χ1v) is 4.35. The van der Waals surface area contributed by atoms with Crippen LogP contribution in [-0.2, 0) is 4.79 Å². The Morgan fingerprint density at radius 1 is 1.10 bits per heavy atom. The van der Waals surface area contributed by atoms with Gasteiger partial charge in [-0.05, 0) is 24.7 Å². The molecule has 2 fully saturated rings. The summed E-state index contributed by atoms with van der Waals surface area (Å²) in [6.45, 7) is 0. The van der Waals surface area contributed by atoms with E-state index in [0.29, 0.717) is 5.92 Å². The Morgan fingerprint density at radius 3 is 2.20 bits per heavy atom. The lowest BCUT2D eigenvalue weighted by molar-refractivity contribution is -0.115. The Kier molecular flexibility index (Phi) is 1.51. The van der Waals surface area contributed by atoms with Crippen molar-refractivity contribution in [2.75, 3.05) is 0 Å². The minimum absolute atomic E-state index is 0.436. The van der Waals surface area contributed by atoms with Crippen molar-refractivity contribution in [3.63, 3.8) is 0 Å². The van der Waals surface area contributed by atoms with Crippen molar-refractivity contribution < 1.29 is 4.79 Å². The van der Waals surface area contributed by atoms with E-state index in [9.17, 15) is 4.79 Å². The molecule has 0 radical (unpaired) electrons. The Hall–Kier alpha value is -0.330. The highest BCUT2D eigenvalue weighted by Gasteiger charge is 2.36. The van der Waals surface area contributed by atoms with E-state index < -0.39 is 0 Å². The maximum atomic E-state index is 10.3. The summed E-state index contributed by atoms with van der Waals surface area (Å²) in [6, 6.07) is 0. The number of carbonyl (C=O) groups is 1. The second-order valence-corrected chi connectivity index (χ2v) is 3.82. The van der Waals surface area contributed by atoms with Gasteiger partial charge in [-0.3, -0.25) is 0 Å². The highest BCUT2D eigenvalue weighted by atomic mass is 16.1. The largest absolute Gasteiger partial charge is 0.303 e. The molecule has 1 nitrogen and oxygen atoms in total. The molecule has 0 saturated heterocycles. The molecule has 10 heavy (non-hydrogen) atoms. The molecular formula is C9H14O. The van der Waals surface area contributed by atoms with Crippen LogP contribution in [0, 0.1) is 17.8 Å². The van der Waals surface area contributed by atoms with Crippen LogP contribution < -0.4 is 0 Å². The zero-order valence-electron chi connectivity index (χ0n) is 6.25. The Balaban J connectivity index is 1.74. The van der Waals surface area contributed by atoms with Crippen molar-refractivity contribution in [3.05, 3.63) is 0 Å². The fourth-order valence-electron chi connectivity index (χ4n) is 2.12. The van der Waals surface area contributed by atoms with Crippen LogP contribution in [0.15, 0.2) is 0 Å². The molecule has 2 aliphatic carbocycles. The van der Waals surface area contributed by atoms with E-state index in [0.717, 1.165) is 18.1 Å². The summed E-state index contributed by atoms with van der Waals surface area (Å²) in [7, 11) is 0. The van der Waals surface area contributed by atoms with E-state index in [1.807, 2.05) is 0 Å². The predicted octanol–water partition coefficient (Wildman–Crippen LogP) is 2.01. The molecule has 0 N–H and O–H groups in total. The van der Waals surface area contributed by atoms with Gasteiger partial charge in [0.15, 0.2) is 0 Å². The zero-order chi connectivity index (χ0) is 6.97. The van der Waals surface area contributed by atoms with Gasteiger partial charge in [-0.2, -0.15) is 0 Å². The molecule has 0 amide bonds. The molecule has 1 heteroatoms. The predicted molar refractivity (Wildman–Crippen MR) is 39.6 cm³/mol.